The SMILES string of the molecule is O=[N+]([O-])c1ccc(Cn2ccnc2CCl)cc1. The number of rotatable bonds is 4. The van der Waals surface area contributed by atoms with Crippen LogP contribution in [0.15, 0.2) is 36.7 Å². The normalized spacial score (nSPS) is 10.4. The first kappa shape index (κ1) is 11.6. The number of imidazole rings is 1. The highest BCUT2D eigenvalue weighted by Crippen LogP contribution is 2.13. The van der Waals surface area contributed by atoms with Crippen LogP contribution in [0.5, 0.6) is 0 Å². The molecule has 1 aromatic carbocycles. The van der Waals surface area contributed by atoms with E-state index in [0.717, 1.165) is 11.4 Å². The zero-order chi connectivity index (χ0) is 12.3. The van der Waals surface area contributed by atoms with Crippen molar-refractivity contribution < 1.29 is 4.92 Å². The second-order valence-corrected chi connectivity index (χ2v) is 3.80. The summed E-state index contributed by atoms with van der Waals surface area (Å²) in [6.07, 6.45) is 3.52. The Labute approximate surface area is 103 Å². The summed E-state index contributed by atoms with van der Waals surface area (Å²) in [6.45, 7) is 0.611. The molecule has 0 fully saturated rings. The van der Waals surface area contributed by atoms with E-state index in [2.05, 4.69) is 4.98 Å². The molecule has 0 bridgehead atoms. The molecule has 17 heavy (non-hydrogen) atoms. The average molecular weight is 252 g/mol. The van der Waals surface area contributed by atoms with E-state index < -0.39 is 4.92 Å². The van der Waals surface area contributed by atoms with Gasteiger partial charge >= 0.3 is 0 Å². The fourth-order valence-corrected chi connectivity index (χ4v) is 1.76. The Bertz CT molecular complexity index is 522. The molecular weight excluding hydrogens is 242 g/mol. The second-order valence-electron chi connectivity index (χ2n) is 3.53. The van der Waals surface area contributed by atoms with Gasteiger partial charge in [0.15, 0.2) is 0 Å². The van der Waals surface area contributed by atoms with Crippen molar-refractivity contribution in [3.05, 3.63) is 58.2 Å². The summed E-state index contributed by atoms with van der Waals surface area (Å²) >= 11 is 5.73. The summed E-state index contributed by atoms with van der Waals surface area (Å²) < 4.78 is 1.91. The Morgan fingerprint density at radius 2 is 2.06 bits per heavy atom. The Kier molecular flexibility index (Phi) is 3.39. The van der Waals surface area contributed by atoms with Crippen LogP contribution in [0.4, 0.5) is 5.69 Å². The molecule has 0 saturated heterocycles. The molecule has 1 aromatic heterocycles. The van der Waals surface area contributed by atoms with Gasteiger partial charge in [0.25, 0.3) is 5.69 Å². The number of hydrogen-bond donors (Lipinski definition) is 0. The summed E-state index contributed by atoms with van der Waals surface area (Å²) in [5.41, 5.74) is 1.07. The minimum atomic E-state index is -0.412. The van der Waals surface area contributed by atoms with E-state index in [-0.39, 0.29) is 5.69 Å². The van der Waals surface area contributed by atoms with E-state index in [9.17, 15) is 10.1 Å². The number of nitro benzene ring substituents is 1. The number of aromatic nitrogens is 2. The van der Waals surface area contributed by atoms with Crippen molar-refractivity contribution in [3.8, 4) is 0 Å². The summed E-state index contributed by atoms with van der Waals surface area (Å²) in [7, 11) is 0. The van der Waals surface area contributed by atoms with Gasteiger partial charge in [-0.05, 0) is 5.56 Å². The first-order valence-electron chi connectivity index (χ1n) is 5.00. The molecule has 5 nitrogen and oxygen atoms in total. The molecule has 88 valence electrons. The van der Waals surface area contributed by atoms with Crippen molar-refractivity contribution in [3.63, 3.8) is 0 Å². The quantitative estimate of drug-likeness (QED) is 0.477. The van der Waals surface area contributed by atoms with Crippen molar-refractivity contribution in [1.29, 1.82) is 0 Å². The van der Waals surface area contributed by atoms with Gasteiger partial charge < -0.3 is 4.57 Å². The maximum absolute atomic E-state index is 10.5. The lowest BCUT2D eigenvalue weighted by Crippen LogP contribution is -2.02. The van der Waals surface area contributed by atoms with Crippen LogP contribution in [0.3, 0.4) is 0 Å². The van der Waals surface area contributed by atoms with E-state index in [1.165, 1.54) is 12.1 Å². The fourth-order valence-electron chi connectivity index (χ4n) is 1.54. The topological polar surface area (TPSA) is 61.0 Å². The average Bonchev–Trinajstić information content (AvgIpc) is 2.77. The highest BCUT2D eigenvalue weighted by Gasteiger charge is 2.05. The molecule has 0 spiro atoms. The van der Waals surface area contributed by atoms with Crippen LogP contribution < -0.4 is 0 Å². The third-order valence-electron chi connectivity index (χ3n) is 2.42. The number of halogens is 1. The van der Waals surface area contributed by atoms with Crippen LogP contribution in [0.25, 0.3) is 0 Å². The molecule has 0 atom stereocenters. The lowest BCUT2D eigenvalue weighted by molar-refractivity contribution is -0.384. The molecule has 0 N–H and O–H groups in total. The van der Waals surface area contributed by atoms with Gasteiger partial charge in [0.2, 0.25) is 0 Å². The Balaban J connectivity index is 2.16. The minimum Gasteiger partial charge on any atom is -0.330 e. The van der Waals surface area contributed by atoms with Gasteiger partial charge in [0.1, 0.15) is 5.82 Å². The molecule has 1 heterocycles. The van der Waals surface area contributed by atoms with Gasteiger partial charge in [0.05, 0.1) is 10.8 Å². The third kappa shape index (κ3) is 2.62. The third-order valence-corrected chi connectivity index (χ3v) is 2.66. The Hall–Kier alpha value is -1.88. The maximum Gasteiger partial charge on any atom is 0.269 e. The van der Waals surface area contributed by atoms with E-state index in [1.807, 2.05) is 10.8 Å². The number of nitrogens with zero attached hydrogens (tertiary/aromatic N) is 3. The number of nitro groups is 1. The molecular formula is C11H10ClN3O2. The predicted molar refractivity (Wildman–Crippen MR) is 64.0 cm³/mol. The van der Waals surface area contributed by atoms with Crippen molar-refractivity contribution in [2.45, 2.75) is 12.4 Å². The van der Waals surface area contributed by atoms with Crippen molar-refractivity contribution >= 4 is 17.3 Å². The van der Waals surface area contributed by atoms with E-state index in [1.54, 1.807) is 18.3 Å². The number of alkyl halides is 1. The van der Waals surface area contributed by atoms with Crippen LogP contribution in [-0.4, -0.2) is 14.5 Å². The van der Waals surface area contributed by atoms with Crippen molar-refractivity contribution in [1.82, 2.24) is 9.55 Å². The summed E-state index contributed by atoms with van der Waals surface area (Å²) in [5, 5.41) is 10.5. The van der Waals surface area contributed by atoms with Crippen molar-refractivity contribution in [2.24, 2.45) is 0 Å². The number of benzene rings is 1. The van der Waals surface area contributed by atoms with Gasteiger partial charge in [-0.2, -0.15) is 0 Å². The highest BCUT2D eigenvalue weighted by molar-refractivity contribution is 6.16. The van der Waals surface area contributed by atoms with Gasteiger partial charge in [0, 0.05) is 31.1 Å². The van der Waals surface area contributed by atoms with Gasteiger partial charge in [-0.25, -0.2) is 4.98 Å². The minimum absolute atomic E-state index is 0.0944. The first-order valence-corrected chi connectivity index (χ1v) is 5.53. The molecule has 2 aromatic rings. The Morgan fingerprint density at radius 1 is 1.35 bits per heavy atom. The first-order chi connectivity index (χ1) is 8.20. The molecule has 0 aliphatic rings. The number of non-ortho nitro benzene ring substituents is 1. The van der Waals surface area contributed by atoms with Gasteiger partial charge in [-0.15, -0.1) is 11.6 Å². The highest BCUT2D eigenvalue weighted by atomic mass is 35.5. The lowest BCUT2D eigenvalue weighted by Gasteiger charge is -2.05. The molecule has 0 aliphatic carbocycles. The van der Waals surface area contributed by atoms with E-state index >= 15 is 0 Å². The van der Waals surface area contributed by atoms with E-state index in [0.29, 0.717) is 12.4 Å². The zero-order valence-electron chi connectivity index (χ0n) is 8.91. The standard InChI is InChI=1S/C11H10ClN3O2/c12-7-11-13-5-6-14(11)8-9-1-3-10(4-2-9)15(16)17/h1-6H,7-8H2. The summed E-state index contributed by atoms with van der Waals surface area (Å²) in [5.74, 6) is 1.13. The van der Waals surface area contributed by atoms with Crippen LogP contribution in [0.1, 0.15) is 11.4 Å². The number of hydrogen-bond acceptors (Lipinski definition) is 3. The largest absolute Gasteiger partial charge is 0.330 e. The second kappa shape index (κ2) is 4.97. The molecule has 0 aliphatic heterocycles. The van der Waals surface area contributed by atoms with Crippen LogP contribution in [-0.2, 0) is 12.4 Å². The van der Waals surface area contributed by atoms with Crippen LogP contribution in [0.2, 0.25) is 0 Å². The molecule has 0 amide bonds. The summed E-state index contributed by atoms with van der Waals surface area (Å²) in [4.78, 5) is 14.2. The van der Waals surface area contributed by atoms with Gasteiger partial charge in [-0.3, -0.25) is 10.1 Å². The summed E-state index contributed by atoms with van der Waals surface area (Å²) in [6, 6.07) is 6.45. The Morgan fingerprint density at radius 3 is 2.65 bits per heavy atom. The lowest BCUT2D eigenvalue weighted by atomic mass is 10.2. The molecule has 0 unspecified atom stereocenters. The molecule has 0 radical (unpaired) electrons. The van der Waals surface area contributed by atoms with Crippen LogP contribution >= 0.6 is 11.6 Å². The zero-order valence-corrected chi connectivity index (χ0v) is 9.67. The van der Waals surface area contributed by atoms with E-state index in [4.69, 9.17) is 11.6 Å². The molecule has 0 saturated carbocycles. The molecule has 2 rings (SSSR count). The van der Waals surface area contributed by atoms with Crippen molar-refractivity contribution in [2.75, 3.05) is 0 Å². The monoisotopic (exact) mass is 251 g/mol. The predicted octanol–water partition coefficient (Wildman–Crippen LogP) is 2.58. The fraction of sp³-hybridized carbons (Fsp3) is 0.182. The van der Waals surface area contributed by atoms with Gasteiger partial charge in [-0.1, -0.05) is 12.1 Å². The maximum atomic E-state index is 10.5. The molecule has 6 heteroatoms. The smallest absolute Gasteiger partial charge is 0.269 e. The van der Waals surface area contributed by atoms with Crippen LogP contribution in [0, 0.1) is 10.1 Å².